The molecule has 2 aromatic rings. The van der Waals surface area contributed by atoms with Crippen molar-refractivity contribution in [2.45, 2.75) is 26.3 Å². The number of fused-ring (bicyclic) bond motifs is 1. The molecule has 0 N–H and O–H groups in total. The van der Waals surface area contributed by atoms with Crippen LogP contribution in [0, 0.1) is 6.92 Å². The second kappa shape index (κ2) is 5.19. The van der Waals surface area contributed by atoms with E-state index >= 15 is 0 Å². The van der Waals surface area contributed by atoms with Gasteiger partial charge < -0.3 is 0 Å². The molecule has 0 saturated carbocycles. The van der Waals surface area contributed by atoms with E-state index in [1.807, 2.05) is 30.4 Å². The van der Waals surface area contributed by atoms with Crippen molar-refractivity contribution in [3.05, 3.63) is 43.8 Å². The molecule has 3 rings (SSSR count). The Morgan fingerprint density at radius 2 is 2.26 bits per heavy atom. The van der Waals surface area contributed by atoms with Crippen LogP contribution in [0.4, 0.5) is 0 Å². The van der Waals surface area contributed by atoms with Gasteiger partial charge in [0.05, 0.1) is 11.4 Å². The Bertz CT molecular complexity index is 599. The van der Waals surface area contributed by atoms with Crippen LogP contribution in [0.2, 0.25) is 0 Å². The zero-order valence-corrected chi connectivity index (χ0v) is 12.8. The number of hydrogen-bond donors (Lipinski definition) is 0. The first-order valence-electron chi connectivity index (χ1n) is 6.55. The van der Waals surface area contributed by atoms with Gasteiger partial charge in [0.2, 0.25) is 0 Å². The first-order chi connectivity index (χ1) is 9.15. The Hall–Kier alpha value is -0.970. The summed E-state index contributed by atoms with van der Waals surface area (Å²) in [6.45, 7) is 5.78. The molecule has 1 unspecified atom stereocenters. The first-order valence-corrected chi connectivity index (χ1v) is 8.24. The van der Waals surface area contributed by atoms with Crippen LogP contribution in [0.3, 0.4) is 0 Å². The van der Waals surface area contributed by atoms with Crippen LogP contribution < -0.4 is 0 Å². The highest BCUT2D eigenvalue weighted by atomic mass is 32.1. The van der Waals surface area contributed by atoms with Crippen molar-refractivity contribution in [3.63, 3.8) is 0 Å². The Kier molecular flexibility index (Phi) is 3.56. The molecule has 3 heterocycles. The van der Waals surface area contributed by atoms with Crippen molar-refractivity contribution >= 4 is 28.5 Å². The lowest BCUT2D eigenvalue weighted by Gasteiger charge is -2.32. The molecule has 0 radical (unpaired) electrons. The maximum Gasteiger partial charge on any atom is 0.186 e. The minimum Gasteiger partial charge on any atom is -0.292 e. The average Bonchev–Trinajstić information content (AvgIpc) is 3.01. The summed E-state index contributed by atoms with van der Waals surface area (Å²) >= 11 is 3.44. The average molecular weight is 291 g/mol. The van der Waals surface area contributed by atoms with Crippen molar-refractivity contribution in [2.75, 3.05) is 13.1 Å². The number of hydrogen-bond acceptors (Lipinski definition) is 4. The van der Waals surface area contributed by atoms with Gasteiger partial charge in [-0.15, -0.1) is 22.7 Å². The van der Waals surface area contributed by atoms with Crippen molar-refractivity contribution in [1.82, 2.24) is 4.90 Å². The summed E-state index contributed by atoms with van der Waals surface area (Å²) in [5, 5.41) is 2.16. The third kappa shape index (κ3) is 2.53. The van der Waals surface area contributed by atoms with E-state index in [1.54, 1.807) is 11.3 Å². The third-order valence-corrected chi connectivity index (χ3v) is 5.80. The molecule has 100 valence electrons. The Labute approximate surface area is 121 Å². The molecular formula is C15H17NOS2. The molecule has 0 aliphatic carbocycles. The maximum absolute atomic E-state index is 12.3. The Morgan fingerprint density at radius 1 is 1.42 bits per heavy atom. The van der Waals surface area contributed by atoms with Gasteiger partial charge in [-0.05, 0) is 49.4 Å². The lowest BCUT2D eigenvalue weighted by atomic mass is 10.0. The van der Waals surface area contributed by atoms with Gasteiger partial charge in [-0.2, -0.15) is 0 Å². The largest absolute Gasteiger partial charge is 0.292 e. The number of nitrogens with zero attached hydrogens (tertiary/aromatic N) is 1. The van der Waals surface area contributed by atoms with Crippen molar-refractivity contribution < 1.29 is 4.79 Å². The van der Waals surface area contributed by atoms with Crippen molar-refractivity contribution in [3.8, 4) is 0 Å². The number of aryl methyl sites for hydroxylation is 1. The van der Waals surface area contributed by atoms with E-state index in [0.717, 1.165) is 17.8 Å². The van der Waals surface area contributed by atoms with Gasteiger partial charge in [0.25, 0.3) is 0 Å². The SMILES string of the molecule is Cc1ccc(C(=O)CN2CCc3sccc3C2C)s1. The van der Waals surface area contributed by atoms with Gasteiger partial charge in [0, 0.05) is 22.3 Å². The predicted molar refractivity (Wildman–Crippen MR) is 81.4 cm³/mol. The Balaban J connectivity index is 1.73. The fourth-order valence-electron chi connectivity index (χ4n) is 2.62. The Morgan fingerprint density at radius 3 is 3.00 bits per heavy atom. The molecule has 0 saturated heterocycles. The van der Waals surface area contributed by atoms with Crippen LogP contribution in [0.5, 0.6) is 0 Å². The summed E-state index contributed by atoms with van der Waals surface area (Å²) in [6.07, 6.45) is 1.08. The number of ketones is 1. The molecule has 1 aliphatic heterocycles. The fourth-order valence-corrected chi connectivity index (χ4v) is 4.38. The predicted octanol–water partition coefficient (Wildman–Crippen LogP) is 3.92. The van der Waals surface area contributed by atoms with Crippen molar-refractivity contribution in [2.24, 2.45) is 0 Å². The molecule has 0 bridgehead atoms. The summed E-state index contributed by atoms with van der Waals surface area (Å²) < 4.78 is 0. The van der Waals surface area contributed by atoms with Crippen LogP contribution in [-0.4, -0.2) is 23.8 Å². The molecule has 4 heteroatoms. The fraction of sp³-hybridized carbons (Fsp3) is 0.400. The number of rotatable bonds is 3. The van der Waals surface area contributed by atoms with Gasteiger partial charge in [0.1, 0.15) is 0 Å². The highest BCUT2D eigenvalue weighted by molar-refractivity contribution is 7.14. The zero-order valence-electron chi connectivity index (χ0n) is 11.2. The first kappa shape index (κ1) is 13.0. The lowest BCUT2D eigenvalue weighted by Crippen LogP contribution is -2.36. The van der Waals surface area contributed by atoms with Gasteiger partial charge in [-0.1, -0.05) is 0 Å². The molecule has 0 fully saturated rings. The number of thiophene rings is 2. The summed E-state index contributed by atoms with van der Waals surface area (Å²) in [6, 6.07) is 6.54. The van der Waals surface area contributed by atoms with Gasteiger partial charge >= 0.3 is 0 Å². The quantitative estimate of drug-likeness (QED) is 0.799. The molecule has 0 amide bonds. The number of Topliss-reactive ketones (excluding diaryl/α,β-unsaturated/α-hetero) is 1. The molecule has 2 aromatic heterocycles. The lowest BCUT2D eigenvalue weighted by molar-refractivity contribution is 0.0895. The summed E-state index contributed by atoms with van der Waals surface area (Å²) in [5.74, 6) is 0.253. The number of carbonyl (C=O) groups is 1. The number of carbonyl (C=O) groups excluding carboxylic acids is 1. The monoisotopic (exact) mass is 291 g/mol. The molecule has 1 aliphatic rings. The van der Waals surface area contributed by atoms with E-state index in [4.69, 9.17) is 0 Å². The minimum absolute atomic E-state index is 0.253. The van der Waals surface area contributed by atoms with E-state index in [0.29, 0.717) is 12.6 Å². The van der Waals surface area contributed by atoms with E-state index in [-0.39, 0.29) is 5.78 Å². The van der Waals surface area contributed by atoms with E-state index < -0.39 is 0 Å². The van der Waals surface area contributed by atoms with Crippen LogP contribution >= 0.6 is 22.7 Å². The van der Waals surface area contributed by atoms with Gasteiger partial charge in [-0.25, -0.2) is 0 Å². The molecular weight excluding hydrogens is 274 g/mol. The topological polar surface area (TPSA) is 20.3 Å². The highest BCUT2D eigenvalue weighted by Crippen LogP contribution is 2.32. The van der Waals surface area contributed by atoms with E-state index in [2.05, 4.69) is 23.3 Å². The summed E-state index contributed by atoms with van der Waals surface area (Å²) in [7, 11) is 0. The van der Waals surface area contributed by atoms with Crippen LogP contribution in [0.1, 0.15) is 38.0 Å². The van der Waals surface area contributed by atoms with Crippen LogP contribution in [0.25, 0.3) is 0 Å². The normalized spacial score (nSPS) is 19.4. The van der Waals surface area contributed by atoms with E-state index in [1.165, 1.54) is 15.3 Å². The molecule has 0 aromatic carbocycles. The van der Waals surface area contributed by atoms with Crippen LogP contribution in [0.15, 0.2) is 23.6 Å². The van der Waals surface area contributed by atoms with Gasteiger partial charge in [0.15, 0.2) is 5.78 Å². The summed E-state index contributed by atoms with van der Waals surface area (Å²) in [5.41, 5.74) is 1.41. The summed E-state index contributed by atoms with van der Waals surface area (Å²) in [4.78, 5) is 18.2. The van der Waals surface area contributed by atoms with E-state index in [9.17, 15) is 4.79 Å². The minimum atomic E-state index is 0.253. The van der Waals surface area contributed by atoms with Crippen LogP contribution in [-0.2, 0) is 6.42 Å². The molecule has 0 spiro atoms. The smallest absolute Gasteiger partial charge is 0.186 e. The molecule has 1 atom stereocenters. The molecule has 2 nitrogen and oxygen atoms in total. The second-order valence-corrected chi connectivity index (χ2v) is 7.32. The van der Waals surface area contributed by atoms with Crippen molar-refractivity contribution in [1.29, 1.82) is 0 Å². The standard InChI is InChI=1S/C15H17NOS2/c1-10-3-4-15(19-10)13(17)9-16-7-5-14-12(11(16)2)6-8-18-14/h3-4,6,8,11H,5,7,9H2,1-2H3. The maximum atomic E-state index is 12.3. The van der Waals surface area contributed by atoms with Gasteiger partial charge in [-0.3, -0.25) is 9.69 Å². The highest BCUT2D eigenvalue weighted by Gasteiger charge is 2.26. The second-order valence-electron chi connectivity index (χ2n) is 5.03. The third-order valence-electron chi connectivity index (χ3n) is 3.77. The molecule has 19 heavy (non-hydrogen) atoms. The zero-order chi connectivity index (χ0) is 13.4.